The molecule has 0 radical (unpaired) electrons. The lowest BCUT2D eigenvalue weighted by Gasteiger charge is -2.38. The second-order valence-electron chi connectivity index (χ2n) is 5.82. The number of nitro groups is 1. The van der Waals surface area contributed by atoms with E-state index in [1.165, 1.54) is 0 Å². The molecular weight excluding hydrogens is 258 g/mol. The van der Waals surface area contributed by atoms with Gasteiger partial charge in [-0.3, -0.25) is 15.0 Å². The van der Waals surface area contributed by atoms with E-state index in [4.69, 9.17) is 0 Å². The lowest BCUT2D eigenvalue weighted by Crippen LogP contribution is -2.50. The fourth-order valence-corrected chi connectivity index (χ4v) is 2.58. The van der Waals surface area contributed by atoms with Crippen molar-refractivity contribution >= 4 is 11.4 Å². The molecule has 1 fully saturated rings. The molecule has 0 aliphatic carbocycles. The monoisotopic (exact) mass is 279 g/mol. The van der Waals surface area contributed by atoms with Crippen LogP contribution in [0, 0.1) is 10.1 Å². The summed E-state index contributed by atoms with van der Waals surface area (Å²) in [7, 11) is 0. The van der Waals surface area contributed by atoms with Crippen LogP contribution in [0.3, 0.4) is 0 Å². The highest BCUT2D eigenvalue weighted by Gasteiger charge is 2.25. The van der Waals surface area contributed by atoms with Gasteiger partial charge in [0.25, 0.3) is 5.69 Å². The van der Waals surface area contributed by atoms with Gasteiger partial charge in [0.1, 0.15) is 5.69 Å². The molecule has 6 heteroatoms. The number of hydrogen-bond acceptors (Lipinski definition) is 5. The van der Waals surface area contributed by atoms with Crippen LogP contribution < -0.4 is 4.90 Å². The first-order valence-corrected chi connectivity index (χ1v) is 6.80. The molecule has 1 N–H and O–H groups in total. The molecule has 1 aliphatic rings. The highest BCUT2D eigenvalue weighted by atomic mass is 16.6. The molecule has 110 valence electrons. The van der Waals surface area contributed by atoms with Crippen molar-refractivity contribution in [3.05, 3.63) is 34.4 Å². The summed E-state index contributed by atoms with van der Waals surface area (Å²) >= 11 is 0. The summed E-state index contributed by atoms with van der Waals surface area (Å²) in [5.41, 5.74) is 0.129. The van der Waals surface area contributed by atoms with Crippen LogP contribution in [-0.4, -0.2) is 53.3 Å². The van der Waals surface area contributed by atoms with E-state index in [1.54, 1.807) is 32.0 Å². The van der Waals surface area contributed by atoms with Crippen molar-refractivity contribution in [1.29, 1.82) is 0 Å². The van der Waals surface area contributed by atoms with Crippen LogP contribution in [0.5, 0.6) is 0 Å². The van der Waals surface area contributed by atoms with E-state index in [0.29, 0.717) is 12.2 Å². The Kier molecular flexibility index (Phi) is 4.25. The molecule has 1 aliphatic heterocycles. The van der Waals surface area contributed by atoms with Crippen LogP contribution in [0.15, 0.2) is 24.3 Å². The van der Waals surface area contributed by atoms with Crippen molar-refractivity contribution in [3.63, 3.8) is 0 Å². The summed E-state index contributed by atoms with van der Waals surface area (Å²) in [5.74, 6) is 0. The van der Waals surface area contributed by atoms with Crippen LogP contribution in [0.1, 0.15) is 13.8 Å². The lowest BCUT2D eigenvalue weighted by molar-refractivity contribution is -0.384. The van der Waals surface area contributed by atoms with Gasteiger partial charge in [0.05, 0.1) is 10.5 Å². The molecule has 1 heterocycles. The summed E-state index contributed by atoms with van der Waals surface area (Å²) in [6.45, 7) is 7.29. The molecule has 1 aromatic rings. The predicted octanol–water partition coefficient (Wildman–Crippen LogP) is 1.49. The first-order valence-electron chi connectivity index (χ1n) is 6.80. The topological polar surface area (TPSA) is 69.8 Å². The number of nitro benzene ring substituents is 1. The minimum atomic E-state index is -0.707. The molecule has 2 rings (SSSR count). The third-order valence-corrected chi connectivity index (χ3v) is 3.40. The number of piperazine rings is 1. The quantitative estimate of drug-likeness (QED) is 0.668. The van der Waals surface area contributed by atoms with Gasteiger partial charge in [0.2, 0.25) is 0 Å². The first-order chi connectivity index (χ1) is 9.37. The highest BCUT2D eigenvalue weighted by molar-refractivity contribution is 5.63. The molecule has 0 amide bonds. The van der Waals surface area contributed by atoms with Crippen LogP contribution in [0.25, 0.3) is 0 Å². The Balaban J connectivity index is 2.03. The third-order valence-electron chi connectivity index (χ3n) is 3.40. The molecule has 0 saturated carbocycles. The maximum atomic E-state index is 11.1. The molecule has 0 bridgehead atoms. The summed E-state index contributed by atoms with van der Waals surface area (Å²) < 4.78 is 0. The largest absolute Gasteiger partial charge is 0.389 e. The van der Waals surface area contributed by atoms with Gasteiger partial charge in [-0.25, -0.2) is 0 Å². The van der Waals surface area contributed by atoms with Crippen molar-refractivity contribution in [3.8, 4) is 0 Å². The van der Waals surface area contributed by atoms with Crippen LogP contribution in [0.4, 0.5) is 11.4 Å². The first kappa shape index (κ1) is 14.7. The van der Waals surface area contributed by atoms with E-state index in [9.17, 15) is 15.2 Å². The number of nitrogens with zero attached hydrogens (tertiary/aromatic N) is 3. The van der Waals surface area contributed by atoms with E-state index < -0.39 is 5.60 Å². The average molecular weight is 279 g/mol. The zero-order valence-corrected chi connectivity index (χ0v) is 12.0. The molecule has 0 atom stereocenters. The summed E-state index contributed by atoms with van der Waals surface area (Å²) in [5, 5.41) is 20.9. The second kappa shape index (κ2) is 5.76. The van der Waals surface area contributed by atoms with Gasteiger partial charge in [-0.2, -0.15) is 0 Å². The Hall–Kier alpha value is -1.66. The van der Waals surface area contributed by atoms with Gasteiger partial charge < -0.3 is 10.0 Å². The van der Waals surface area contributed by atoms with E-state index in [1.807, 2.05) is 11.0 Å². The number of para-hydroxylation sites is 2. The summed E-state index contributed by atoms with van der Waals surface area (Å²) in [4.78, 5) is 14.9. The Labute approximate surface area is 118 Å². The van der Waals surface area contributed by atoms with Crippen molar-refractivity contribution < 1.29 is 10.0 Å². The maximum absolute atomic E-state index is 11.1. The third kappa shape index (κ3) is 3.68. The van der Waals surface area contributed by atoms with Crippen molar-refractivity contribution in [1.82, 2.24) is 4.90 Å². The standard InChI is InChI=1S/C14H21N3O3/c1-14(2,18)11-15-7-9-16(10-8-15)12-5-3-4-6-13(12)17(19)20/h3-6,18H,7-11H2,1-2H3. The zero-order valence-electron chi connectivity index (χ0n) is 12.0. The number of aliphatic hydroxyl groups is 1. The van der Waals surface area contributed by atoms with Gasteiger partial charge in [0.15, 0.2) is 0 Å². The predicted molar refractivity (Wildman–Crippen MR) is 78.0 cm³/mol. The normalized spacial score (nSPS) is 17.2. The zero-order chi connectivity index (χ0) is 14.8. The van der Waals surface area contributed by atoms with E-state index in [0.717, 1.165) is 26.2 Å². The molecule has 0 unspecified atom stereocenters. The maximum Gasteiger partial charge on any atom is 0.292 e. The minimum Gasteiger partial charge on any atom is -0.389 e. The average Bonchev–Trinajstić information content (AvgIpc) is 2.38. The van der Waals surface area contributed by atoms with E-state index >= 15 is 0 Å². The molecule has 0 aromatic heterocycles. The smallest absolute Gasteiger partial charge is 0.292 e. The van der Waals surface area contributed by atoms with Crippen molar-refractivity contribution in [2.24, 2.45) is 0 Å². The molecular formula is C14H21N3O3. The van der Waals surface area contributed by atoms with Crippen LogP contribution in [0.2, 0.25) is 0 Å². The number of rotatable bonds is 4. The van der Waals surface area contributed by atoms with Crippen molar-refractivity contribution in [2.45, 2.75) is 19.4 Å². The van der Waals surface area contributed by atoms with Gasteiger partial charge in [-0.1, -0.05) is 12.1 Å². The number of anilines is 1. The fourth-order valence-electron chi connectivity index (χ4n) is 2.58. The summed E-state index contributed by atoms with van der Waals surface area (Å²) in [6, 6.07) is 6.85. The SMILES string of the molecule is CC(C)(O)CN1CCN(c2ccccc2[N+](=O)[O-])CC1. The number of hydrogen-bond donors (Lipinski definition) is 1. The fraction of sp³-hybridized carbons (Fsp3) is 0.571. The molecule has 1 aromatic carbocycles. The second-order valence-corrected chi connectivity index (χ2v) is 5.82. The number of β-amino-alcohol motifs (C(OH)–C–C–N with tert-alkyl or cyclic N) is 1. The van der Waals surface area contributed by atoms with Crippen LogP contribution in [-0.2, 0) is 0 Å². The minimum absolute atomic E-state index is 0.156. The highest BCUT2D eigenvalue weighted by Crippen LogP contribution is 2.28. The molecule has 0 spiro atoms. The molecule has 1 saturated heterocycles. The Morgan fingerprint density at radius 2 is 1.85 bits per heavy atom. The van der Waals surface area contributed by atoms with Gasteiger partial charge >= 0.3 is 0 Å². The van der Waals surface area contributed by atoms with E-state index in [-0.39, 0.29) is 10.6 Å². The van der Waals surface area contributed by atoms with Gasteiger partial charge in [-0.15, -0.1) is 0 Å². The summed E-state index contributed by atoms with van der Waals surface area (Å²) in [6.07, 6.45) is 0. The molecule has 20 heavy (non-hydrogen) atoms. The Morgan fingerprint density at radius 3 is 2.40 bits per heavy atom. The van der Waals surface area contributed by atoms with E-state index in [2.05, 4.69) is 4.90 Å². The lowest BCUT2D eigenvalue weighted by atomic mass is 10.1. The Bertz CT molecular complexity index is 477. The van der Waals surface area contributed by atoms with Gasteiger partial charge in [-0.05, 0) is 19.9 Å². The van der Waals surface area contributed by atoms with Crippen molar-refractivity contribution in [2.75, 3.05) is 37.6 Å². The van der Waals surface area contributed by atoms with Gasteiger partial charge in [0, 0.05) is 38.8 Å². The van der Waals surface area contributed by atoms with Crippen LogP contribution >= 0.6 is 0 Å². The Morgan fingerprint density at radius 1 is 1.25 bits per heavy atom. The number of benzene rings is 1. The molecule has 6 nitrogen and oxygen atoms in total.